The smallest absolute Gasteiger partial charge is 0.335 e. The third-order valence-corrected chi connectivity index (χ3v) is 25.1. The molecule has 17 N–H and O–H groups in total. The predicted octanol–water partition coefficient (Wildman–Crippen LogP) is 0.459. The number of carbonyl (C=O) groups is 2. The number of rotatable bonds is 19. The van der Waals surface area contributed by atoms with Crippen LogP contribution in [0, 0.1) is 38.1 Å². The molecule has 0 unspecified atom stereocenters. The summed E-state index contributed by atoms with van der Waals surface area (Å²) < 4.78 is 17.7. The lowest BCUT2D eigenvalue weighted by Crippen LogP contribution is -2.63. The van der Waals surface area contributed by atoms with E-state index in [1.807, 2.05) is 7.05 Å². The Morgan fingerprint density at radius 3 is 1.37 bits per heavy atom. The van der Waals surface area contributed by atoms with Crippen molar-refractivity contribution in [3.8, 4) is 68.5 Å². The van der Waals surface area contributed by atoms with Gasteiger partial charge in [0.05, 0.1) is 84.0 Å². The molecule has 9 aliphatic heterocycles. The van der Waals surface area contributed by atoms with Gasteiger partial charge >= 0.3 is 11.9 Å². The number of likely N-dealkylation sites (N-methyl/N-ethyl adjacent to an activating group) is 5. The second-order valence-electron chi connectivity index (χ2n) is 34.9. The SMILES string of the molecule is CC1=C(O)C(=C2N=CC=N2)C(CN2CCN(C)CC2)=CN1O.Cc1ncc(CN2CCN(C)CC2)c(-c2[nH]cc[n+]2[C@@H]2O[C@H](C(=O)O)[C@@H](O)[C@H](O)[C@H]2O)c1O.Cc1ncc(CN2CCN(C)CC2)c(-c2ncc[nH]2)c1O[C@@H]1O[C@H](C(=O)O)[C@@H](O)[C@H](O)[C@H]1O.Cc1ncc(CN2CC[N+](C)([O-])CC2)c(-c2ncc[nH]2)c1O.Cc1ncc(C[N+]2([O-])CCN(C)CC2)c(-c2ncc[nH]2)c1O. The Bertz CT molecular complexity index is 5340. The zero-order valence-electron chi connectivity index (χ0n) is 75.7. The van der Waals surface area contributed by atoms with Crippen molar-refractivity contribution in [1.82, 2.24) is 99.1 Å². The number of H-pyrrole nitrogens is 4. The molecule has 9 aliphatic rings. The van der Waals surface area contributed by atoms with Crippen LogP contribution in [0.5, 0.6) is 23.0 Å². The zero-order valence-corrected chi connectivity index (χ0v) is 75.7. The van der Waals surface area contributed by atoms with Crippen molar-refractivity contribution in [1.29, 1.82) is 0 Å². The first-order chi connectivity index (χ1) is 62.9. The van der Waals surface area contributed by atoms with Gasteiger partial charge in [-0.15, -0.1) is 0 Å². The van der Waals surface area contributed by atoms with Crippen LogP contribution in [0.25, 0.3) is 45.6 Å². The molecular formula is C87H122N25O20+. The number of aromatic nitrogens is 12. The highest BCUT2D eigenvalue weighted by Gasteiger charge is 2.52. The molecule has 0 saturated carbocycles. The van der Waals surface area contributed by atoms with Gasteiger partial charge in [0, 0.05) is 223 Å². The lowest BCUT2D eigenvalue weighted by atomic mass is 9.97. The number of imidazole rings is 4. The van der Waals surface area contributed by atoms with Gasteiger partial charge in [-0.1, -0.05) is 0 Å². The van der Waals surface area contributed by atoms with E-state index in [1.165, 1.54) is 10.8 Å². The summed E-state index contributed by atoms with van der Waals surface area (Å²) in [5.41, 5.74) is 9.33. The number of aliphatic carboxylic acids is 2. The molecule has 45 heteroatoms. The maximum Gasteiger partial charge on any atom is 0.335 e. The van der Waals surface area contributed by atoms with Gasteiger partial charge in [-0.05, 0) is 79.5 Å². The summed E-state index contributed by atoms with van der Waals surface area (Å²) in [4.78, 5) is 91.6. The fourth-order valence-electron chi connectivity index (χ4n) is 16.7. The number of allylic oxidation sites excluding steroid dienone is 2. The largest absolute Gasteiger partial charge is 0.633 e. The van der Waals surface area contributed by atoms with Crippen LogP contribution in [0.2, 0.25) is 0 Å². The van der Waals surface area contributed by atoms with Crippen molar-refractivity contribution in [2.45, 2.75) is 122 Å². The molecule has 10 atom stereocenters. The number of aliphatic hydroxyl groups is 7. The topological polar surface area (TPSA) is 582 Å². The summed E-state index contributed by atoms with van der Waals surface area (Å²) in [6.07, 6.45) is 8.04. The Balaban J connectivity index is 0.000000142. The number of carboxylic acids is 2. The molecular weight excluding hydrogens is 1720 g/mol. The number of hydrogen-bond acceptors (Lipinski definition) is 36. The van der Waals surface area contributed by atoms with Gasteiger partial charge in [-0.3, -0.25) is 49.6 Å². The van der Waals surface area contributed by atoms with E-state index in [1.54, 1.807) is 128 Å². The van der Waals surface area contributed by atoms with Gasteiger partial charge in [0.1, 0.15) is 95.9 Å². The number of aromatic amines is 4. The minimum Gasteiger partial charge on any atom is -0.633 e. The Labute approximate surface area is 762 Å². The van der Waals surface area contributed by atoms with Crippen LogP contribution in [-0.2, 0) is 45.2 Å². The van der Waals surface area contributed by atoms with Crippen molar-refractivity contribution in [2.24, 2.45) is 9.98 Å². The van der Waals surface area contributed by atoms with E-state index >= 15 is 0 Å². The molecule has 17 rings (SSSR count). The molecule has 7 fully saturated rings. The van der Waals surface area contributed by atoms with Crippen LogP contribution in [0.4, 0.5) is 0 Å². The highest BCUT2D eigenvalue weighted by Crippen LogP contribution is 2.41. The molecule has 45 nitrogen and oxygen atoms in total. The molecule has 0 amide bonds. The number of piperazine rings is 5. The predicted molar refractivity (Wildman–Crippen MR) is 478 cm³/mol. The fourth-order valence-corrected chi connectivity index (χ4v) is 16.7. The summed E-state index contributed by atoms with van der Waals surface area (Å²) in [7, 11) is 9.99. The molecule has 714 valence electrons. The quantitative estimate of drug-likeness (QED) is 0.0297. The van der Waals surface area contributed by atoms with Crippen LogP contribution in [0.3, 0.4) is 0 Å². The van der Waals surface area contributed by atoms with E-state index in [-0.39, 0.29) is 38.0 Å². The average Bonchev–Trinajstić information content (AvgIpc) is 1.48. The van der Waals surface area contributed by atoms with Gasteiger partial charge in [0.25, 0.3) is 5.82 Å². The van der Waals surface area contributed by atoms with Crippen molar-refractivity contribution >= 4 is 24.4 Å². The number of nitrogens with zero attached hydrogens (tertiary/aromatic N) is 21. The maximum atomic E-state index is 12.9. The molecule has 0 bridgehead atoms. The normalized spacial score (nSPS) is 24.8. The van der Waals surface area contributed by atoms with Crippen molar-refractivity contribution in [3.63, 3.8) is 0 Å². The van der Waals surface area contributed by atoms with Gasteiger partial charge in [-0.2, -0.15) is 0 Å². The Morgan fingerprint density at radius 1 is 0.485 bits per heavy atom. The number of aromatic hydroxyl groups is 3. The van der Waals surface area contributed by atoms with Gasteiger partial charge < -0.3 is 125 Å². The number of nitrogens with one attached hydrogen (secondary N) is 4. The first kappa shape index (κ1) is 98.4. The summed E-state index contributed by atoms with van der Waals surface area (Å²) in [6.45, 7) is 27.7. The number of hydroxylamine groups is 8. The van der Waals surface area contributed by atoms with Crippen LogP contribution in [-0.4, -0.2) is 427 Å². The Morgan fingerprint density at radius 2 is 0.894 bits per heavy atom. The first-order valence-corrected chi connectivity index (χ1v) is 43.7. The minimum atomic E-state index is -1.80. The van der Waals surface area contributed by atoms with Crippen molar-refractivity contribution in [3.05, 3.63) is 164 Å². The summed E-state index contributed by atoms with van der Waals surface area (Å²) in [5, 5.41) is 158. The van der Waals surface area contributed by atoms with Crippen molar-refractivity contribution < 1.29 is 104 Å². The number of aliphatic hydroxyl groups excluding tert-OH is 7. The number of carboxylic acid groups (broad SMARTS) is 2. The lowest BCUT2D eigenvalue weighted by molar-refractivity contribution is -0.898. The van der Waals surface area contributed by atoms with Crippen LogP contribution in [0.1, 0.15) is 58.2 Å². The monoisotopic (exact) mass is 1840 g/mol. The van der Waals surface area contributed by atoms with E-state index in [0.29, 0.717) is 144 Å². The van der Waals surface area contributed by atoms with Gasteiger partial charge in [0.15, 0.2) is 29.5 Å². The van der Waals surface area contributed by atoms with E-state index in [0.717, 1.165) is 138 Å². The minimum absolute atomic E-state index is 0.0281. The third-order valence-electron chi connectivity index (χ3n) is 25.1. The van der Waals surface area contributed by atoms with Crippen LogP contribution in [0.15, 0.2) is 119 Å². The van der Waals surface area contributed by atoms with Crippen LogP contribution >= 0.6 is 0 Å². The summed E-state index contributed by atoms with van der Waals surface area (Å²) in [6, 6.07) is 0. The van der Waals surface area contributed by atoms with E-state index in [4.69, 9.17) is 14.2 Å². The highest BCUT2D eigenvalue weighted by molar-refractivity contribution is 6.18. The maximum absolute atomic E-state index is 12.9. The lowest BCUT2D eigenvalue weighted by Gasteiger charge is -2.47. The number of pyridine rings is 4. The Kier molecular flexibility index (Phi) is 32.3. The standard InChI is InChI=1S/2C21H29N5O7.3C15H21N5O2/c1-11-17(32-21-16(29)14(27)15(28)18(33-21)20(30)31)13(19-22-3-4-23-19)12(9-24-11)10-26-7-5-25(2)6-8-26;1-11-14(27)13(12(9-23-11)10-25-7-5-24(2)6-8-25)19-22-3-4-26(19)20-17(30)15(28)16(29)18(33-20)21(31)32;1-11-14(21)13(15-16-3-4-17-15)12(9-18-11)10-19-5-7-20(2,22)8-6-19;1-11-14(21)13(15-16-3-4-17-15)12(9-18-11)10-20(22)7-5-19(2)6-8-20;1-11-14(21)13(15-16-3-4-17-15)12(10-20(11)22)9-19-7-5-18(2)6-8-19/h3-4,9,14-16,18,21,27-29H,5-8,10H2,1-2H3,(H,22,23)(H,30,31);3-4,9,15-18,20,28-30H,5-8,10H2,1-2H3,(H2,22,27,31,32);2*3-4,9,21H,5-8,10H2,1-2H3,(H,16,17);3-4,10,21-22H,5-9H2,1-2H3/p+1/t14-,15-,16+,18-,21+;15-,16-,17+,18-,20+;;;/m00.../s1. The molecule has 132 heavy (non-hydrogen) atoms. The van der Waals surface area contributed by atoms with E-state index in [9.17, 15) is 86.5 Å². The molecule has 0 spiro atoms. The molecule has 0 radical (unpaired) electrons. The molecule has 17 heterocycles. The third kappa shape index (κ3) is 23.4. The number of quaternary nitrogens is 2. The van der Waals surface area contributed by atoms with E-state index < -0.39 is 73.3 Å². The van der Waals surface area contributed by atoms with Gasteiger partial charge in [0.2, 0.25) is 12.5 Å². The number of aliphatic imine (C=N–C) groups is 2. The molecule has 8 aromatic heterocycles. The van der Waals surface area contributed by atoms with Gasteiger partial charge in [-0.25, -0.2) is 49.1 Å². The average molecular weight is 1840 g/mol. The van der Waals surface area contributed by atoms with Crippen LogP contribution < -0.4 is 9.30 Å². The molecule has 0 aliphatic carbocycles. The summed E-state index contributed by atoms with van der Waals surface area (Å²) in [5.74, 6) is 0.0819. The molecule has 7 saturated heterocycles. The van der Waals surface area contributed by atoms with E-state index in [2.05, 4.69) is 125 Å². The number of aryl methyl sites for hydroxylation is 4. The summed E-state index contributed by atoms with van der Waals surface area (Å²) >= 11 is 0. The number of ether oxygens (including phenoxy) is 3. The second-order valence-corrected chi connectivity index (χ2v) is 34.9. The second kappa shape index (κ2) is 43.3. The Hall–Kier alpha value is -11.1. The van der Waals surface area contributed by atoms with Crippen molar-refractivity contribution in [2.75, 3.05) is 173 Å². The fraction of sp³-hybridized carbons (Fsp3) is 0.517. The first-order valence-electron chi connectivity index (χ1n) is 43.7. The highest BCUT2D eigenvalue weighted by atomic mass is 16.7. The zero-order chi connectivity index (χ0) is 94.7. The molecule has 0 aromatic carbocycles. The number of hydrogen-bond donors (Lipinski definition) is 17. The molecule has 8 aromatic rings.